The molecule has 5 nitrogen and oxygen atoms in total. The maximum absolute atomic E-state index is 14.3. The number of halogens is 2. The van der Waals surface area contributed by atoms with E-state index in [1.807, 2.05) is 48.9 Å². The summed E-state index contributed by atoms with van der Waals surface area (Å²) in [6.45, 7) is 0.649. The van der Waals surface area contributed by atoms with Crippen molar-refractivity contribution in [3.8, 4) is 17.1 Å². The molecule has 0 amide bonds. The zero-order valence-corrected chi connectivity index (χ0v) is 17.6. The van der Waals surface area contributed by atoms with Gasteiger partial charge in [0.15, 0.2) is 5.82 Å². The van der Waals surface area contributed by atoms with Crippen LogP contribution in [0, 0.1) is 5.82 Å². The molecule has 5 rings (SSSR count). The smallest absolute Gasteiger partial charge is 0.159 e. The fraction of sp³-hybridized carbons (Fsp3) is 0.208. The maximum atomic E-state index is 14.3. The van der Waals surface area contributed by atoms with E-state index in [9.17, 15) is 4.39 Å². The Balaban J connectivity index is 1.30. The van der Waals surface area contributed by atoms with Crippen LogP contribution in [0.1, 0.15) is 35.7 Å². The summed E-state index contributed by atoms with van der Waals surface area (Å²) in [4.78, 5) is 8.98. The molecule has 2 heterocycles. The third kappa shape index (κ3) is 4.09. The number of fused-ring (bicyclic) bond motifs is 1. The van der Waals surface area contributed by atoms with Gasteiger partial charge >= 0.3 is 0 Å². The minimum atomic E-state index is -0.263. The average molecular weight is 434 g/mol. The quantitative estimate of drug-likeness (QED) is 0.464. The zero-order valence-electron chi connectivity index (χ0n) is 16.8. The van der Waals surface area contributed by atoms with Gasteiger partial charge in [-0.15, -0.1) is 0 Å². The number of para-hydroxylation sites is 1. The lowest BCUT2D eigenvalue weighted by molar-refractivity contribution is 0.453. The molecule has 2 aromatic carbocycles. The topological polar surface area (TPSA) is 55.6 Å². The SMILES string of the molecule is Fc1ccccc1-n1ncc2c1CCC[C@@H]2NCc1cnc(-c2ccc(Cl)cc2)nc1. The number of nitrogens with one attached hydrogen (secondary N) is 1. The lowest BCUT2D eigenvalue weighted by Crippen LogP contribution is -2.25. The summed E-state index contributed by atoms with van der Waals surface area (Å²) in [6, 6.07) is 14.4. The normalized spacial score (nSPS) is 15.6. The summed E-state index contributed by atoms with van der Waals surface area (Å²) < 4.78 is 16.0. The van der Waals surface area contributed by atoms with Gasteiger partial charge in [0.05, 0.1) is 6.20 Å². The molecule has 0 radical (unpaired) electrons. The molecular formula is C24H21ClFN5. The Hall–Kier alpha value is -3.09. The predicted octanol–water partition coefficient (Wildman–Crippen LogP) is 5.29. The average Bonchev–Trinajstić information content (AvgIpc) is 3.23. The van der Waals surface area contributed by atoms with E-state index in [4.69, 9.17) is 11.6 Å². The van der Waals surface area contributed by atoms with E-state index in [2.05, 4.69) is 20.4 Å². The second-order valence-electron chi connectivity index (χ2n) is 7.66. The molecule has 7 heteroatoms. The first-order chi connectivity index (χ1) is 15.2. The van der Waals surface area contributed by atoms with E-state index in [0.29, 0.717) is 23.1 Å². The van der Waals surface area contributed by atoms with Crippen LogP contribution in [0.5, 0.6) is 0 Å². The van der Waals surface area contributed by atoms with E-state index >= 15 is 0 Å². The first-order valence-corrected chi connectivity index (χ1v) is 10.7. The zero-order chi connectivity index (χ0) is 21.2. The van der Waals surface area contributed by atoms with E-state index in [1.165, 1.54) is 6.07 Å². The Morgan fingerprint density at radius 2 is 1.81 bits per heavy atom. The van der Waals surface area contributed by atoms with Crippen molar-refractivity contribution in [1.82, 2.24) is 25.1 Å². The van der Waals surface area contributed by atoms with Crippen molar-refractivity contribution in [2.45, 2.75) is 31.8 Å². The molecule has 4 aromatic rings. The van der Waals surface area contributed by atoms with Gasteiger partial charge in [-0.25, -0.2) is 19.0 Å². The van der Waals surface area contributed by atoms with Crippen LogP contribution in [0.15, 0.2) is 67.1 Å². The van der Waals surface area contributed by atoms with Crippen molar-refractivity contribution in [3.05, 3.63) is 94.8 Å². The molecular weight excluding hydrogens is 413 g/mol. The Morgan fingerprint density at radius 1 is 1.03 bits per heavy atom. The van der Waals surface area contributed by atoms with E-state index in [0.717, 1.165) is 41.6 Å². The van der Waals surface area contributed by atoms with Crippen LogP contribution in [0.2, 0.25) is 5.02 Å². The summed E-state index contributed by atoms with van der Waals surface area (Å²) in [7, 11) is 0. The van der Waals surface area contributed by atoms with Crippen molar-refractivity contribution in [1.29, 1.82) is 0 Å². The Labute approximate surface area is 184 Å². The van der Waals surface area contributed by atoms with Crippen LogP contribution in [0.25, 0.3) is 17.1 Å². The Morgan fingerprint density at radius 3 is 2.58 bits per heavy atom. The van der Waals surface area contributed by atoms with E-state index in [1.54, 1.807) is 16.8 Å². The highest BCUT2D eigenvalue weighted by molar-refractivity contribution is 6.30. The van der Waals surface area contributed by atoms with Gasteiger partial charge in [-0.2, -0.15) is 5.10 Å². The van der Waals surface area contributed by atoms with Crippen molar-refractivity contribution in [2.24, 2.45) is 0 Å². The highest BCUT2D eigenvalue weighted by atomic mass is 35.5. The molecule has 0 fully saturated rings. The molecule has 2 aromatic heterocycles. The molecule has 0 saturated carbocycles. The van der Waals surface area contributed by atoms with Crippen molar-refractivity contribution in [3.63, 3.8) is 0 Å². The van der Waals surface area contributed by atoms with Crippen molar-refractivity contribution < 1.29 is 4.39 Å². The van der Waals surface area contributed by atoms with Gasteiger partial charge < -0.3 is 5.32 Å². The standard InChI is InChI=1S/C24H21ClFN5/c25-18-10-8-17(9-11-18)24-28-13-16(14-29-24)12-27-21-5-3-7-22-19(21)15-30-31(22)23-6-2-1-4-20(23)26/h1-2,4,6,8-11,13-15,21,27H,3,5,7,12H2/t21-/m0/s1. The molecule has 0 bridgehead atoms. The number of hydrogen-bond acceptors (Lipinski definition) is 4. The number of benzene rings is 2. The van der Waals surface area contributed by atoms with Crippen molar-refractivity contribution in [2.75, 3.05) is 0 Å². The summed E-state index contributed by atoms with van der Waals surface area (Å²) in [5, 5.41) is 8.77. The molecule has 0 saturated heterocycles. The van der Waals surface area contributed by atoms with Crippen LogP contribution < -0.4 is 5.32 Å². The summed E-state index contributed by atoms with van der Waals surface area (Å²) >= 11 is 5.95. The second kappa shape index (κ2) is 8.57. The van der Waals surface area contributed by atoms with Gasteiger partial charge in [-0.05, 0) is 55.7 Å². The molecule has 0 spiro atoms. The lowest BCUT2D eigenvalue weighted by Gasteiger charge is -2.24. The predicted molar refractivity (Wildman–Crippen MR) is 119 cm³/mol. The van der Waals surface area contributed by atoms with E-state index in [-0.39, 0.29) is 11.9 Å². The Kier molecular flexibility index (Phi) is 5.49. The third-order valence-electron chi connectivity index (χ3n) is 5.62. The van der Waals surface area contributed by atoms with Crippen molar-refractivity contribution >= 4 is 11.6 Å². The third-order valence-corrected chi connectivity index (χ3v) is 5.88. The van der Waals surface area contributed by atoms with Crippen LogP contribution >= 0.6 is 11.6 Å². The van der Waals surface area contributed by atoms with Gasteiger partial charge in [-0.3, -0.25) is 0 Å². The largest absolute Gasteiger partial charge is 0.306 e. The number of hydrogen-bond donors (Lipinski definition) is 1. The molecule has 31 heavy (non-hydrogen) atoms. The first-order valence-electron chi connectivity index (χ1n) is 10.3. The molecule has 0 unspecified atom stereocenters. The minimum Gasteiger partial charge on any atom is -0.306 e. The summed E-state index contributed by atoms with van der Waals surface area (Å²) in [5.41, 5.74) is 4.64. The molecule has 156 valence electrons. The van der Waals surface area contributed by atoms with Gasteiger partial charge in [-0.1, -0.05) is 23.7 Å². The number of aromatic nitrogens is 4. The molecule has 1 atom stereocenters. The van der Waals surface area contributed by atoms with Gasteiger partial charge in [0.1, 0.15) is 11.5 Å². The minimum absolute atomic E-state index is 0.167. The summed E-state index contributed by atoms with van der Waals surface area (Å²) in [5.74, 6) is 0.410. The fourth-order valence-electron chi connectivity index (χ4n) is 4.04. The highest BCUT2D eigenvalue weighted by Gasteiger charge is 2.25. The molecule has 1 N–H and O–H groups in total. The van der Waals surface area contributed by atoms with E-state index < -0.39 is 0 Å². The fourth-order valence-corrected chi connectivity index (χ4v) is 4.16. The van der Waals surface area contributed by atoms with Gasteiger partial charge in [0, 0.05) is 52.4 Å². The molecule has 0 aliphatic heterocycles. The molecule has 1 aliphatic carbocycles. The highest BCUT2D eigenvalue weighted by Crippen LogP contribution is 2.31. The summed E-state index contributed by atoms with van der Waals surface area (Å²) in [6.07, 6.45) is 8.48. The molecule has 1 aliphatic rings. The van der Waals surface area contributed by atoms with Crippen LogP contribution in [0.4, 0.5) is 4.39 Å². The van der Waals surface area contributed by atoms with Crippen LogP contribution in [-0.2, 0) is 13.0 Å². The first kappa shape index (κ1) is 19.8. The maximum Gasteiger partial charge on any atom is 0.159 e. The van der Waals surface area contributed by atoms with Crippen LogP contribution in [-0.4, -0.2) is 19.7 Å². The van der Waals surface area contributed by atoms with Gasteiger partial charge in [0.2, 0.25) is 0 Å². The monoisotopic (exact) mass is 433 g/mol. The lowest BCUT2D eigenvalue weighted by atomic mass is 9.92. The Bertz CT molecular complexity index is 1190. The van der Waals surface area contributed by atoms with Crippen LogP contribution in [0.3, 0.4) is 0 Å². The number of nitrogens with zero attached hydrogens (tertiary/aromatic N) is 4. The number of rotatable bonds is 5. The van der Waals surface area contributed by atoms with Gasteiger partial charge in [0.25, 0.3) is 0 Å². The second-order valence-corrected chi connectivity index (χ2v) is 8.09.